The molecule has 0 radical (unpaired) electrons. The van der Waals surface area contributed by atoms with Gasteiger partial charge in [-0.25, -0.2) is 0 Å². The highest BCUT2D eigenvalue weighted by Crippen LogP contribution is 2.29. The van der Waals surface area contributed by atoms with Crippen LogP contribution in [0.1, 0.15) is 56.3 Å². The van der Waals surface area contributed by atoms with Crippen LogP contribution in [-0.4, -0.2) is 52.2 Å². The van der Waals surface area contributed by atoms with Crippen LogP contribution in [0.4, 0.5) is 5.69 Å². The van der Waals surface area contributed by atoms with E-state index in [0.29, 0.717) is 11.3 Å². The van der Waals surface area contributed by atoms with E-state index in [4.69, 9.17) is 0 Å². The van der Waals surface area contributed by atoms with Gasteiger partial charge in [-0.15, -0.1) is 0 Å². The Morgan fingerprint density at radius 2 is 1.90 bits per heavy atom. The van der Waals surface area contributed by atoms with E-state index in [9.17, 15) is 14.4 Å². The number of anilines is 1. The van der Waals surface area contributed by atoms with Crippen LogP contribution in [0.15, 0.2) is 29.3 Å². The molecule has 2 N–H and O–H groups in total. The van der Waals surface area contributed by atoms with Gasteiger partial charge in [-0.05, 0) is 56.9 Å². The standard InChI is InChI=1S/C21H28N4O3S/c1-3-14(2)22-19(27)15-7-9-16(10-8-15)23-18(26)13-17-20(28)24-21(29-17)25-11-5-4-6-12-25/h7-10,14,17H,3-6,11-13H2,1-2H3,(H,22,27)(H,23,26)/t14-,17+/m0/s1. The number of thioether (sulfide) groups is 1. The minimum atomic E-state index is -0.465. The van der Waals surface area contributed by atoms with Crippen molar-refractivity contribution < 1.29 is 14.4 Å². The molecule has 1 aromatic rings. The third kappa shape index (κ3) is 5.82. The summed E-state index contributed by atoms with van der Waals surface area (Å²) in [5.41, 5.74) is 1.15. The first-order valence-electron chi connectivity index (χ1n) is 10.2. The number of hydrogen-bond donors (Lipinski definition) is 2. The third-order valence-electron chi connectivity index (χ3n) is 5.15. The highest BCUT2D eigenvalue weighted by atomic mass is 32.2. The topological polar surface area (TPSA) is 90.9 Å². The van der Waals surface area contributed by atoms with E-state index in [-0.39, 0.29) is 30.2 Å². The van der Waals surface area contributed by atoms with E-state index < -0.39 is 5.25 Å². The average Bonchev–Trinajstić information content (AvgIpc) is 3.09. The summed E-state index contributed by atoms with van der Waals surface area (Å²) in [5.74, 6) is -0.599. The second-order valence-electron chi connectivity index (χ2n) is 7.50. The van der Waals surface area contributed by atoms with Gasteiger partial charge < -0.3 is 15.5 Å². The molecule has 2 atom stereocenters. The monoisotopic (exact) mass is 416 g/mol. The lowest BCUT2D eigenvalue weighted by Crippen LogP contribution is -2.33. The third-order valence-corrected chi connectivity index (χ3v) is 6.36. The van der Waals surface area contributed by atoms with Crippen molar-refractivity contribution >= 4 is 40.3 Å². The molecule has 0 aromatic heterocycles. The lowest BCUT2D eigenvalue weighted by atomic mass is 10.1. The number of aliphatic imine (C=N–C) groups is 1. The Morgan fingerprint density at radius 1 is 1.21 bits per heavy atom. The Kier molecular flexibility index (Phi) is 7.30. The number of nitrogens with zero attached hydrogens (tertiary/aromatic N) is 2. The predicted molar refractivity (Wildman–Crippen MR) is 116 cm³/mol. The van der Waals surface area contributed by atoms with Crippen molar-refractivity contribution in [2.75, 3.05) is 18.4 Å². The average molecular weight is 417 g/mol. The summed E-state index contributed by atoms with van der Waals surface area (Å²) in [5, 5.41) is 6.00. The maximum atomic E-state index is 12.4. The van der Waals surface area contributed by atoms with Crippen molar-refractivity contribution in [1.82, 2.24) is 10.2 Å². The van der Waals surface area contributed by atoms with Crippen LogP contribution in [0.3, 0.4) is 0 Å². The van der Waals surface area contributed by atoms with Crippen molar-refractivity contribution in [3.63, 3.8) is 0 Å². The number of likely N-dealkylation sites (tertiary alicyclic amines) is 1. The molecule has 8 heteroatoms. The zero-order valence-corrected chi connectivity index (χ0v) is 17.8. The number of nitrogens with one attached hydrogen (secondary N) is 2. The molecule has 1 fully saturated rings. The molecule has 2 aliphatic heterocycles. The Labute approximate surface area is 175 Å². The zero-order chi connectivity index (χ0) is 20.8. The number of amidine groups is 1. The molecule has 2 heterocycles. The van der Waals surface area contributed by atoms with Gasteiger partial charge in [-0.2, -0.15) is 4.99 Å². The Bertz CT molecular complexity index is 788. The van der Waals surface area contributed by atoms with Crippen LogP contribution in [-0.2, 0) is 9.59 Å². The fraction of sp³-hybridized carbons (Fsp3) is 0.524. The van der Waals surface area contributed by atoms with Crippen molar-refractivity contribution in [3.8, 4) is 0 Å². The SMILES string of the molecule is CC[C@H](C)NC(=O)c1ccc(NC(=O)C[C@H]2SC(N3CCCCC3)=NC2=O)cc1. The molecular weight excluding hydrogens is 388 g/mol. The van der Waals surface area contributed by atoms with Crippen LogP contribution in [0, 0.1) is 0 Å². The Morgan fingerprint density at radius 3 is 2.55 bits per heavy atom. The Hall–Kier alpha value is -2.35. The van der Waals surface area contributed by atoms with Gasteiger partial charge >= 0.3 is 0 Å². The first-order valence-corrected chi connectivity index (χ1v) is 11.1. The van der Waals surface area contributed by atoms with Crippen LogP contribution in [0.25, 0.3) is 0 Å². The summed E-state index contributed by atoms with van der Waals surface area (Å²) >= 11 is 1.39. The molecule has 1 saturated heterocycles. The van der Waals surface area contributed by atoms with Gasteiger partial charge in [-0.3, -0.25) is 14.4 Å². The Balaban J connectivity index is 1.49. The van der Waals surface area contributed by atoms with Crippen LogP contribution in [0.2, 0.25) is 0 Å². The van der Waals surface area contributed by atoms with Gasteiger partial charge in [0.05, 0.1) is 0 Å². The number of rotatable bonds is 6. The number of carbonyl (C=O) groups is 3. The minimum absolute atomic E-state index is 0.0839. The smallest absolute Gasteiger partial charge is 0.262 e. The predicted octanol–water partition coefficient (Wildman–Crippen LogP) is 3.03. The maximum absolute atomic E-state index is 12.4. The summed E-state index contributed by atoms with van der Waals surface area (Å²) < 4.78 is 0. The molecule has 29 heavy (non-hydrogen) atoms. The second-order valence-corrected chi connectivity index (χ2v) is 8.67. The quantitative estimate of drug-likeness (QED) is 0.744. The first-order chi connectivity index (χ1) is 14.0. The summed E-state index contributed by atoms with van der Waals surface area (Å²) in [6, 6.07) is 6.87. The van der Waals surface area contributed by atoms with Crippen LogP contribution in [0.5, 0.6) is 0 Å². The van der Waals surface area contributed by atoms with Crippen molar-refractivity contribution in [2.45, 2.75) is 57.2 Å². The van der Waals surface area contributed by atoms with Gasteiger partial charge in [0.2, 0.25) is 5.91 Å². The molecule has 0 spiro atoms. The molecule has 0 saturated carbocycles. The van der Waals surface area contributed by atoms with E-state index in [1.54, 1.807) is 24.3 Å². The highest BCUT2D eigenvalue weighted by molar-refractivity contribution is 8.15. The molecule has 1 aromatic carbocycles. The molecule has 3 rings (SSSR count). The largest absolute Gasteiger partial charge is 0.351 e. The van der Waals surface area contributed by atoms with E-state index in [2.05, 4.69) is 20.5 Å². The van der Waals surface area contributed by atoms with Crippen molar-refractivity contribution in [3.05, 3.63) is 29.8 Å². The fourth-order valence-electron chi connectivity index (χ4n) is 3.22. The van der Waals surface area contributed by atoms with Gasteiger partial charge in [0.15, 0.2) is 5.17 Å². The first kappa shape index (κ1) is 21.4. The molecule has 156 valence electrons. The second kappa shape index (κ2) is 9.91. The molecule has 0 unspecified atom stereocenters. The maximum Gasteiger partial charge on any atom is 0.262 e. The molecular formula is C21H28N4O3S. The number of piperidine rings is 1. The molecule has 2 aliphatic rings. The van der Waals surface area contributed by atoms with Crippen molar-refractivity contribution in [2.24, 2.45) is 4.99 Å². The minimum Gasteiger partial charge on any atom is -0.351 e. The molecule has 7 nitrogen and oxygen atoms in total. The number of carbonyl (C=O) groups excluding carboxylic acids is 3. The van der Waals surface area contributed by atoms with E-state index in [1.807, 2.05) is 13.8 Å². The van der Waals surface area contributed by atoms with E-state index in [0.717, 1.165) is 37.5 Å². The zero-order valence-electron chi connectivity index (χ0n) is 16.9. The number of hydrogen-bond acceptors (Lipinski definition) is 5. The number of benzene rings is 1. The highest BCUT2D eigenvalue weighted by Gasteiger charge is 2.33. The summed E-state index contributed by atoms with van der Waals surface area (Å²) in [6.07, 6.45) is 4.39. The van der Waals surface area contributed by atoms with Gasteiger partial charge in [0.1, 0.15) is 5.25 Å². The summed E-state index contributed by atoms with van der Waals surface area (Å²) in [4.78, 5) is 43.0. The van der Waals surface area contributed by atoms with Gasteiger partial charge in [0, 0.05) is 36.8 Å². The van der Waals surface area contributed by atoms with Crippen LogP contribution >= 0.6 is 11.8 Å². The molecule has 0 aliphatic carbocycles. The molecule has 3 amide bonds. The fourth-order valence-corrected chi connectivity index (χ4v) is 4.34. The van der Waals surface area contributed by atoms with Gasteiger partial charge in [0.25, 0.3) is 11.8 Å². The molecule has 0 bridgehead atoms. The van der Waals surface area contributed by atoms with Gasteiger partial charge in [-0.1, -0.05) is 18.7 Å². The lowest BCUT2D eigenvalue weighted by Gasteiger charge is -2.27. The normalized spacial score (nSPS) is 20.2. The van der Waals surface area contributed by atoms with Crippen LogP contribution < -0.4 is 10.6 Å². The van der Waals surface area contributed by atoms with Crippen molar-refractivity contribution in [1.29, 1.82) is 0 Å². The number of amides is 3. The summed E-state index contributed by atoms with van der Waals surface area (Å²) in [6.45, 7) is 5.82. The lowest BCUT2D eigenvalue weighted by molar-refractivity contribution is -0.121. The van der Waals surface area contributed by atoms with E-state index in [1.165, 1.54) is 18.2 Å². The summed E-state index contributed by atoms with van der Waals surface area (Å²) in [7, 11) is 0. The van der Waals surface area contributed by atoms with E-state index >= 15 is 0 Å².